The predicted octanol–water partition coefficient (Wildman–Crippen LogP) is 2.96. The molecule has 26 heavy (non-hydrogen) atoms. The van der Waals surface area contributed by atoms with Crippen molar-refractivity contribution >= 4 is 29.1 Å². The monoisotopic (exact) mass is 396 g/mol. The van der Waals surface area contributed by atoms with Gasteiger partial charge in [-0.25, -0.2) is 0 Å². The molecule has 0 spiro atoms. The lowest BCUT2D eigenvalue weighted by molar-refractivity contribution is 0.0177. The van der Waals surface area contributed by atoms with Crippen LogP contribution in [0.15, 0.2) is 22.5 Å². The summed E-state index contributed by atoms with van der Waals surface area (Å²) in [7, 11) is 0. The van der Waals surface area contributed by atoms with Crippen LogP contribution < -0.4 is 10.6 Å². The number of hydrogen-bond acceptors (Lipinski definition) is 5. The minimum absolute atomic E-state index is 0.305. The number of rotatable bonds is 7. The number of hydrogen-bond donors (Lipinski definition) is 2. The molecule has 0 radical (unpaired) electrons. The minimum atomic E-state index is 0.305. The Kier molecular flexibility index (Phi) is 7.66. The third-order valence-electron chi connectivity index (χ3n) is 5.04. The average Bonchev–Trinajstić information content (AvgIpc) is 3.33. The quantitative estimate of drug-likeness (QED) is 0.548. The van der Waals surface area contributed by atoms with Crippen LogP contribution in [-0.4, -0.2) is 67.3 Å². The molecule has 7 heteroatoms. The maximum Gasteiger partial charge on any atom is 0.191 e. The summed E-state index contributed by atoms with van der Waals surface area (Å²) in [5, 5.41) is 9.19. The fourth-order valence-corrected chi connectivity index (χ4v) is 5.61. The maximum absolute atomic E-state index is 5.54. The van der Waals surface area contributed by atoms with Crippen molar-refractivity contribution in [1.82, 2.24) is 15.5 Å². The van der Waals surface area contributed by atoms with Gasteiger partial charge in [-0.05, 0) is 43.9 Å². The number of nitrogens with zero attached hydrogens (tertiary/aromatic N) is 2. The fourth-order valence-electron chi connectivity index (χ4n) is 3.52. The molecule has 2 saturated heterocycles. The molecule has 0 saturated carbocycles. The Balaban J connectivity index is 1.62. The molecule has 2 atom stereocenters. The van der Waals surface area contributed by atoms with E-state index in [4.69, 9.17) is 9.73 Å². The van der Waals surface area contributed by atoms with Gasteiger partial charge in [-0.2, -0.15) is 11.8 Å². The highest BCUT2D eigenvalue weighted by atomic mass is 32.2. The number of morpholine rings is 1. The number of aliphatic imine (C=N–C) groups is 1. The van der Waals surface area contributed by atoms with Gasteiger partial charge in [0.05, 0.1) is 25.8 Å². The molecule has 2 aliphatic heterocycles. The van der Waals surface area contributed by atoms with Gasteiger partial charge in [0.1, 0.15) is 0 Å². The number of thiophene rings is 1. The largest absolute Gasteiger partial charge is 0.379 e. The van der Waals surface area contributed by atoms with E-state index >= 15 is 0 Å². The van der Waals surface area contributed by atoms with E-state index in [2.05, 4.69) is 58.7 Å². The standard InChI is InChI=1S/C19H32N4OS2/c1-3-20-18(22-15-19(2)7-5-13-26-19)21-14-16(17-6-4-12-25-17)23-8-10-24-11-9-23/h4,6,12,16H,3,5,7-11,13-15H2,1-2H3,(H2,20,21,22). The molecule has 0 aliphatic carbocycles. The molecule has 2 N–H and O–H groups in total. The molecule has 0 aromatic carbocycles. The van der Waals surface area contributed by atoms with Crippen molar-refractivity contribution < 1.29 is 4.74 Å². The average molecular weight is 397 g/mol. The van der Waals surface area contributed by atoms with Crippen molar-refractivity contribution in [2.75, 3.05) is 51.7 Å². The van der Waals surface area contributed by atoms with Gasteiger partial charge >= 0.3 is 0 Å². The second kappa shape index (κ2) is 9.97. The molecule has 2 fully saturated rings. The van der Waals surface area contributed by atoms with Crippen molar-refractivity contribution in [2.24, 2.45) is 4.99 Å². The minimum Gasteiger partial charge on any atom is -0.379 e. The van der Waals surface area contributed by atoms with Gasteiger partial charge in [0.2, 0.25) is 0 Å². The number of guanidine groups is 1. The van der Waals surface area contributed by atoms with Crippen LogP contribution in [-0.2, 0) is 4.74 Å². The SMILES string of the molecule is CCNC(=NCC1(C)CCCS1)NCC(c1cccs1)N1CCOCC1. The highest BCUT2D eigenvalue weighted by Gasteiger charge is 2.29. The second-order valence-corrected chi connectivity index (χ2v) is 9.82. The summed E-state index contributed by atoms with van der Waals surface area (Å²) in [6.07, 6.45) is 2.59. The van der Waals surface area contributed by atoms with E-state index in [9.17, 15) is 0 Å². The van der Waals surface area contributed by atoms with Crippen LogP contribution in [0, 0.1) is 0 Å². The van der Waals surface area contributed by atoms with Gasteiger partial charge in [0.15, 0.2) is 5.96 Å². The van der Waals surface area contributed by atoms with E-state index in [0.717, 1.165) is 51.9 Å². The van der Waals surface area contributed by atoms with Crippen LogP contribution in [0.3, 0.4) is 0 Å². The molecule has 1 aromatic rings. The van der Waals surface area contributed by atoms with E-state index in [1.807, 2.05) is 11.3 Å². The first-order valence-electron chi connectivity index (χ1n) is 9.71. The summed E-state index contributed by atoms with van der Waals surface area (Å²) < 4.78 is 5.85. The van der Waals surface area contributed by atoms with Gasteiger partial charge in [-0.15, -0.1) is 11.3 Å². The Labute approximate surface area is 166 Å². The molecule has 0 amide bonds. The van der Waals surface area contributed by atoms with Crippen molar-refractivity contribution in [3.8, 4) is 0 Å². The zero-order valence-electron chi connectivity index (χ0n) is 16.0. The Hall–Kier alpha value is -0.760. The lowest BCUT2D eigenvalue weighted by Crippen LogP contribution is -2.46. The lowest BCUT2D eigenvalue weighted by atomic mass is 10.1. The molecule has 3 heterocycles. The van der Waals surface area contributed by atoms with Crippen molar-refractivity contribution in [3.05, 3.63) is 22.4 Å². The fraction of sp³-hybridized carbons (Fsp3) is 0.737. The summed E-state index contributed by atoms with van der Waals surface area (Å²) in [6, 6.07) is 4.76. The normalized spacial score (nSPS) is 26.0. The van der Waals surface area contributed by atoms with E-state index in [-0.39, 0.29) is 0 Å². The zero-order chi connectivity index (χ0) is 18.2. The van der Waals surface area contributed by atoms with Crippen molar-refractivity contribution in [3.63, 3.8) is 0 Å². The predicted molar refractivity (Wildman–Crippen MR) is 114 cm³/mol. The van der Waals surface area contributed by atoms with Gasteiger partial charge in [-0.3, -0.25) is 9.89 Å². The Bertz CT molecular complexity index is 552. The van der Waals surface area contributed by atoms with Gasteiger partial charge in [0, 0.05) is 35.8 Å². The summed E-state index contributed by atoms with van der Waals surface area (Å²) in [4.78, 5) is 8.84. The zero-order valence-corrected chi connectivity index (χ0v) is 17.6. The third-order valence-corrected chi connectivity index (χ3v) is 7.53. The van der Waals surface area contributed by atoms with Crippen LogP contribution in [0.5, 0.6) is 0 Å². The smallest absolute Gasteiger partial charge is 0.191 e. The van der Waals surface area contributed by atoms with E-state index in [0.29, 0.717) is 10.8 Å². The second-order valence-electron chi connectivity index (χ2n) is 7.16. The van der Waals surface area contributed by atoms with E-state index < -0.39 is 0 Å². The maximum atomic E-state index is 5.54. The molecular formula is C19H32N4OS2. The molecule has 2 aliphatic rings. The van der Waals surface area contributed by atoms with Crippen LogP contribution in [0.4, 0.5) is 0 Å². The molecule has 0 bridgehead atoms. The Morgan fingerprint density at radius 3 is 2.88 bits per heavy atom. The molecule has 1 aromatic heterocycles. The summed E-state index contributed by atoms with van der Waals surface area (Å²) >= 11 is 3.90. The molecule has 146 valence electrons. The number of thioether (sulfide) groups is 1. The highest BCUT2D eigenvalue weighted by molar-refractivity contribution is 8.00. The van der Waals surface area contributed by atoms with Crippen LogP contribution >= 0.6 is 23.1 Å². The Morgan fingerprint density at radius 2 is 2.23 bits per heavy atom. The third kappa shape index (κ3) is 5.62. The summed E-state index contributed by atoms with van der Waals surface area (Å²) in [5.74, 6) is 2.21. The Morgan fingerprint density at radius 1 is 1.38 bits per heavy atom. The first kappa shape index (κ1) is 20.0. The van der Waals surface area contributed by atoms with Crippen molar-refractivity contribution in [1.29, 1.82) is 0 Å². The molecular weight excluding hydrogens is 364 g/mol. The highest BCUT2D eigenvalue weighted by Crippen LogP contribution is 2.37. The lowest BCUT2D eigenvalue weighted by Gasteiger charge is -2.34. The van der Waals surface area contributed by atoms with E-state index in [1.165, 1.54) is 23.5 Å². The first-order chi connectivity index (χ1) is 12.7. The van der Waals surface area contributed by atoms with Crippen LogP contribution in [0.2, 0.25) is 0 Å². The molecule has 2 unspecified atom stereocenters. The number of nitrogens with one attached hydrogen (secondary N) is 2. The summed E-state index contributed by atoms with van der Waals surface area (Å²) in [6.45, 7) is 10.7. The van der Waals surface area contributed by atoms with Crippen molar-refractivity contribution in [2.45, 2.75) is 37.5 Å². The molecule has 5 nitrogen and oxygen atoms in total. The summed E-state index contributed by atoms with van der Waals surface area (Å²) in [5.41, 5.74) is 0. The molecule has 3 rings (SSSR count). The van der Waals surface area contributed by atoms with E-state index in [1.54, 1.807) is 0 Å². The number of ether oxygens (including phenoxy) is 1. The van der Waals surface area contributed by atoms with Crippen LogP contribution in [0.25, 0.3) is 0 Å². The first-order valence-corrected chi connectivity index (χ1v) is 11.6. The van der Waals surface area contributed by atoms with Crippen LogP contribution in [0.1, 0.15) is 37.6 Å². The topological polar surface area (TPSA) is 48.9 Å². The van der Waals surface area contributed by atoms with Gasteiger partial charge in [-0.1, -0.05) is 6.07 Å². The van der Waals surface area contributed by atoms with Gasteiger partial charge in [0.25, 0.3) is 0 Å². The van der Waals surface area contributed by atoms with Gasteiger partial charge < -0.3 is 15.4 Å².